The summed E-state index contributed by atoms with van der Waals surface area (Å²) in [5.74, 6) is 0.952. The van der Waals surface area contributed by atoms with E-state index in [2.05, 4.69) is 52.1 Å². The summed E-state index contributed by atoms with van der Waals surface area (Å²) in [5.41, 5.74) is 1.42. The first-order valence-electron chi connectivity index (χ1n) is 6.41. The Morgan fingerprint density at radius 3 is 2.65 bits per heavy atom. The van der Waals surface area contributed by atoms with Gasteiger partial charge < -0.3 is 10.1 Å². The Balaban J connectivity index is 2.42. The molecule has 0 fully saturated rings. The van der Waals surface area contributed by atoms with Crippen molar-refractivity contribution >= 4 is 0 Å². The number of aryl methyl sites for hydroxylation is 1. The molecule has 17 heavy (non-hydrogen) atoms. The fourth-order valence-electron chi connectivity index (χ4n) is 1.51. The minimum absolute atomic E-state index is 0.183. The Bertz CT molecular complexity index is 347. The largest absolute Gasteiger partial charge is 0.489 e. The molecule has 1 unspecified atom stereocenters. The van der Waals surface area contributed by atoms with Crippen molar-refractivity contribution in [1.29, 1.82) is 0 Å². The van der Waals surface area contributed by atoms with E-state index in [9.17, 15) is 0 Å². The van der Waals surface area contributed by atoms with Crippen LogP contribution in [0.4, 0.5) is 0 Å². The quantitative estimate of drug-likeness (QED) is 0.814. The van der Waals surface area contributed by atoms with Crippen LogP contribution in [0.2, 0.25) is 0 Å². The summed E-state index contributed by atoms with van der Waals surface area (Å²) >= 11 is 0. The van der Waals surface area contributed by atoms with E-state index in [-0.39, 0.29) is 11.6 Å². The van der Waals surface area contributed by atoms with Crippen molar-refractivity contribution in [2.24, 2.45) is 0 Å². The van der Waals surface area contributed by atoms with Crippen LogP contribution in [0, 0.1) is 6.92 Å². The average Bonchev–Trinajstić information content (AvgIpc) is 2.27. The molecule has 0 heterocycles. The third kappa shape index (κ3) is 5.22. The summed E-state index contributed by atoms with van der Waals surface area (Å²) in [5, 5.41) is 3.52. The second-order valence-corrected chi connectivity index (χ2v) is 5.36. The minimum atomic E-state index is 0.183. The number of benzene rings is 1. The molecular formula is C15H25NO. The van der Waals surface area contributed by atoms with Crippen LogP contribution in [0.3, 0.4) is 0 Å². The zero-order valence-corrected chi connectivity index (χ0v) is 11.7. The topological polar surface area (TPSA) is 21.3 Å². The highest BCUT2D eigenvalue weighted by Crippen LogP contribution is 2.14. The molecule has 0 aliphatic carbocycles. The van der Waals surface area contributed by atoms with Crippen molar-refractivity contribution in [3.05, 3.63) is 29.8 Å². The zero-order valence-electron chi connectivity index (χ0n) is 11.7. The molecule has 0 aromatic heterocycles. The summed E-state index contributed by atoms with van der Waals surface area (Å²) in [6.45, 7) is 11.7. The molecule has 0 radical (unpaired) electrons. The van der Waals surface area contributed by atoms with Gasteiger partial charge in [-0.25, -0.2) is 0 Å². The Morgan fingerprint density at radius 2 is 2.06 bits per heavy atom. The van der Waals surface area contributed by atoms with Gasteiger partial charge in [-0.1, -0.05) is 19.1 Å². The van der Waals surface area contributed by atoms with Gasteiger partial charge in [0, 0.05) is 12.1 Å². The lowest BCUT2D eigenvalue weighted by atomic mass is 10.0. The average molecular weight is 235 g/mol. The monoisotopic (exact) mass is 235 g/mol. The lowest BCUT2D eigenvalue weighted by Crippen LogP contribution is -2.43. The fourth-order valence-corrected chi connectivity index (χ4v) is 1.51. The van der Waals surface area contributed by atoms with Gasteiger partial charge in [-0.3, -0.25) is 0 Å². The minimum Gasteiger partial charge on any atom is -0.489 e. The Kier molecular flexibility index (Phi) is 5.01. The van der Waals surface area contributed by atoms with Crippen molar-refractivity contribution in [2.45, 2.75) is 52.7 Å². The highest BCUT2D eigenvalue weighted by atomic mass is 16.5. The van der Waals surface area contributed by atoms with Crippen LogP contribution in [0.25, 0.3) is 0 Å². The second kappa shape index (κ2) is 6.06. The van der Waals surface area contributed by atoms with Gasteiger partial charge in [0.15, 0.2) is 0 Å². The van der Waals surface area contributed by atoms with Crippen LogP contribution in [-0.4, -0.2) is 18.2 Å². The second-order valence-electron chi connectivity index (χ2n) is 5.36. The SMILES string of the molecule is CCC(C)(C)NCC(C)Oc1cccc(C)c1. The Labute approximate surface area is 105 Å². The van der Waals surface area contributed by atoms with Crippen molar-refractivity contribution in [1.82, 2.24) is 5.32 Å². The predicted octanol–water partition coefficient (Wildman–Crippen LogP) is 3.54. The van der Waals surface area contributed by atoms with Crippen LogP contribution in [-0.2, 0) is 0 Å². The van der Waals surface area contributed by atoms with E-state index in [1.807, 2.05) is 12.1 Å². The molecule has 0 amide bonds. The smallest absolute Gasteiger partial charge is 0.120 e. The predicted molar refractivity (Wildman–Crippen MR) is 73.6 cm³/mol. The van der Waals surface area contributed by atoms with Crippen LogP contribution in [0.1, 0.15) is 39.7 Å². The van der Waals surface area contributed by atoms with Crippen LogP contribution < -0.4 is 10.1 Å². The molecule has 1 aromatic carbocycles. The first-order valence-corrected chi connectivity index (χ1v) is 6.41. The normalized spacial score (nSPS) is 13.5. The standard InChI is InChI=1S/C15H25NO/c1-6-15(4,5)16-11-13(3)17-14-9-7-8-12(2)10-14/h7-10,13,16H,6,11H2,1-5H3. The molecule has 1 N–H and O–H groups in total. The number of ether oxygens (including phenoxy) is 1. The van der Waals surface area contributed by atoms with Gasteiger partial charge in [-0.05, 0) is 51.8 Å². The third-order valence-corrected chi connectivity index (χ3v) is 3.08. The van der Waals surface area contributed by atoms with E-state index in [1.165, 1.54) is 5.56 Å². The molecule has 1 atom stereocenters. The first kappa shape index (κ1) is 14.0. The third-order valence-electron chi connectivity index (χ3n) is 3.08. The molecule has 0 aliphatic heterocycles. The molecule has 96 valence electrons. The maximum absolute atomic E-state index is 5.87. The van der Waals surface area contributed by atoms with Crippen molar-refractivity contribution in [3.8, 4) is 5.75 Å². The zero-order chi connectivity index (χ0) is 12.9. The summed E-state index contributed by atoms with van der Waals surface area (Å²) < 4.78 is 5.87. The molecule has 1 aromatic rings. The maximum Gasteiger partial charge on any atom is 0.120 e. The van der Waals surface area contributed by atoms with Crippen molar-refractivity contribution < 1.29 is 4.74 Å². The fraction of sp³-hybridized carbons (Fsp3) is 0.600. The number of nitrogens with one attached hydrogen (secondary N) is 1. The van der Waals surface area contributed by atoms with E-state index in [1.54, 1.807) is 0 Å². The number of rotatable bonds is 6. The van der Waals surface area contributed by atoms with Crippen LogP contribution in [0.5, 0.6) is 5.75 Å². The number of hydrogen-bond acceptors (Lipinski definition) is 2. The summed E-state index contributed by atoms with van der Waals surface area (Å²) in [6.07, 6.45) is 1.30. The molecule has 0 saturated heterocycles. The molecule has 0 bridgehead atoms. The summed E-state index contributed by atoms with van der Waals surface area (Å²) in [7, 11) is 0. The van der Waals surface area contributed by atoms with Crippen LogP contribution >= 0.6 is 0 Å². The van der Waals surface area contributed by atoms with Gasteiger partial charge in [0.05, 0.1) is 0 Å². The highest BCUT2D eigenvalue weighted by Gasteiger charge is 2.15. The van der Waals surface area contributed by atoms with Gasteiger partial charge >= 0.3 is 0 Å². The molecule has 1 rings (SSSR count). The summed E-state index contributed by atoms with van der Waals surface area (Å²) in [4.78, 5) is 0. The molecule has 2 nitrogen and oxygen atoms in total. The Morgan fingerprint density at radius 1 is 1.35 bits per heavy atom. The van der Waals surface area contributed by atoms with Crippen molar-refractivity contribution in [2.75, 3.05) is 6.54 Å². The molecular weight excluding hydrogens is 210 g/mol. The van der Waals surface area contributed by atoms with Gasteiger partial charge in [-0.15, -0.1) is 0 Å². The molecule has 0 aliphatic rings. The summed E-state index contributed by atoms with van der Waals surface area (Å²) in [6, 6.07) is 8.19. The Hall–Kier alpha value is -1.02. The first-order chi connectivity index (χ1) is 7.93. The highest BCUT2D eigenvalue weighted by molar-refractivity contribution is 5.27. The van der Waals surface area contributed by atoms with E-state index >= 15 is 0 Å². The molecule has 0 spiro atoms. The number of hydrogen-bond donors (Lipinski definition) is 1. The van der Waals surface area contributed by atoms with E-state index in [0.717, 1.165) is 18.7 Å². The van der Waals surface area contributed by atoms with Gasteiger partial charge in [-0.2, -0.15) is 0 Å². The molecule has 0 saturated carbocycles. The molecule has 2 heteroatoms. The van der Waals surface area contributed by atoms with Gasteiger partial charge in [0.25, 0.3) is 0 Å². The van der Waals surface area contributed by atoms with Gasteiger partial charge in [0.2, 0.25) is 0 Å². The maximum atomic E-state index is 5.87. The van der Waals surface area contributed by atoms with Crippen LogP contribution in [0.15, 0.2) is 24.3 Å². The van der Waals surface area contributed by atoms with E-state index in [0.29, 0.717) is 0 Å². The van der Waals surface area contributed by atoms with Crippen molar-refractivity contribution in [3.63, 3.8) is 0 Å². The van der Waals surface area contributed by atoms with Gasteiger partial charge in [0.1, 0.15) is 11.9 Å². The lowest BCUT2D eigenvalue weighted by Gasteiger charge is -2.27. The lowest BCUT2D eigenvalue weighted by molar-refractivity contribution is 0.199. The van der Waals surface area contributed by atoms with E-state index in [4.69, 9.17) is 4.74 Å². The van der Waals surface area contributed by atoms with E-state index < -0.39 is 0 Å².